The van der Waals surface area contributed by atoms with Gasteiger partial charge in [-0.25, -0.2) is 8.78 Å². The Labute approximate surface area is 100 Å². The summed E-state index contributed by atoms with van der Waals surface area (Å²) in [6.07, 6.45) is 0. The van der Waals surface area contributed by atoms with Crippen molar-refractivity contribution in [3.8, 4) is 0 Å². The number of hydrogen-bond acceptors (Lipinski definition) is 2. The Morgan fingerprint density at radius 2 is 2.06 bits per heavy atom. The van der Waals surface area contributed by atoms with Crippen molar-refractivity contribution in [1.29, 1.82) is 0 Å². The molecule has 0 unspecified atom stereocenters. The zero-order valence-corrected chi connectivity index (χ0v) is 9.22. The molecular weight excluding hydrogens is 254 g/mol. The summed E-state index contributed by atoms with van der Waals surface area (Å²) in [7, 11) is 0. The van der Waals surface area contributed by atoms with Crippen LogP contribution in [0.15, 0.2) is 12.1 Å². The lowest BCUT2D eigenvalue weighted by molar-refractivity contribution is -0.120. The monoisotopic (exact) mass is 260 g/mol. The Hall–Kier alpha value is -1.69. The van der Waals surface area contributed by atoms with Crippen molar-refractivity contribution in [3.05, 3.63) is 23.8 Å². The third kappa shape index (κ3) is 2.08. The molecule has 1 aliphatic heterocycles. The van der Waals surface area contributed by atoms with Crippen molar-refractivity contribution < 1.29 is 18.4 Å². The van der Waals surface area contributed by atoms with Crippen LogP contribution in [0.4, 0.5) is 20.2 Å². The minimum atomic E-state index is -1.09. The van der Waals surface area contributed by atoms with E-state index in [4.69, 9.17) is 11.6 Å². The first-order valence-corrected chi connectivity index (χ1v) is 5.21. The van der Waals surface area contributed by atoms with Gasteiger partial charge in [0.25, 0.3) is 0 Å². The first kappa shape index (κ1) is 11.8. The standard InChI is InChI=1S/C10H7ClF2N2O2/c11-3-10(17)15-4-9(16)14-7-1-5(12)6(13)2-8(7)15/h1-2H,3-4H2,(H,14,16). The number of amides is 2. The van der Waals surface area contributed by atoms with E-state index in [1.165, 1.54) is 0 Å². The zero-order chi connectivity index (χ0) is 12.6. The molecule has 1 aromatic rings. The Balaban J connectivity index is 2.52. The highest BCUT2D eigenvalue weighted by atomic mass is 35.5. The third-order valence-corrected chi connectivity index (χ3v) is 2.55. The first-order valence-electron chi connectivity index (χ1n) is 4.68. The molecular formula is C10H7ClF2N2O2. The van der Waals surface area contributed by atoms with Gasteiger partial charge in [0, 0.05) is 12.1 Å². The van der Waals surface area contributed by atoms with Crippen LogP contribution in [0, 0.1) is 11.6 Å². The number of alkyl halides is 1. The van der Waals surface area contributed by atoms with Crippen molar-refractivity contribution in [3.63, 3.8) is 0 Å². The van der Waals surface area contributed by atoms with Gasteiger partial charge in [0.15, 0.2) is 11.6 Å². The van der Waals surface area contributed by atoms with E-state index in [0.717, 1.165) is 17.0 Å². The second kappa shape index (κ2) is 4.29. The number of benzene rings is 1. The molecule has 2 amide bonds. The van der Waals surface area contributed by atoms with Gasteiger partial charge in [-0.15, -0.1) is 11.6 Å². The van der Waals surface area contributed by atoms with E-state index >= 15 is 0 Å². The average molecular weight is 261 g/mol. The summed E-state index contributed by atoms with van der Waals surface area (Å²) in [4.78, 5) is 23.8. The highest BCUT2D eigenvalue weighted by molar-refractivity contribution is 6.30. The van der Waals surface area contributed by atoms with Crippen LogP contribution in [0.25, 0.3) is 0 Å². The summed E-state index contributed by atoms with van der Waals surface area (Å²) in [5, 5.41) is 2.35. The zero-order valence-electron chi connectivity index (χ0n) is 8.47. The molecule has 7 heteroatoms. The van der Waals surface area contributed by atoms with Crippen LogP contribution in [0.2, 0.25) is 0 Å². The normalized spacial score (nSPS) is 14.3. The maximum Gasteiger partial charge on any atom is 0.244 e. The third-order valence-electron chi connectivity index (χ3n) is 2.32. The maximum absolute atomic E-state index is 13.1. The lowest BCUT2D eigenvalue weighted by Gasteiger charge is -2.28. The molecule has 0 fully saturated rings. The van der Waals surface area contributed by atoms with Gasteiger partial charge in [-0.3, -0.25) is 14.5 Å². The number of nitrogens with one attached hydrogen (secondary N) is 1. The van der Waals surface area contributed by atoms with Crippen molar-refractivity contribution in [1.82, 2.24) is 0 Å². The minimum Gasteiger partial charge on any atom is -0.323 e. The summed E-state index contributed by atoms with van der Waals surface area (Å²) in [5.74, 6) is -3.56. The highest BCUT2D eigenvalue weighted by Crippen LogP contribution is 2.31. The molecule has 1 N–H and O–H groups in total. The molecule has 1 aromatic carbocycles. The Kier molecular flexibility index (Phi) is 2.97. The number of rotatable bonds is 1. The van der Waals surface area contributed by atoms with Crippen molar-refractivity contribution in [2.45, 2.75) is 0 Å². The Morgan fingerprint density at radius 1 is 1.41 bits per heavy atom. The van der Waals surface area contributed by atoms with Gasteiger partial charge in [0.1, 0.15) is 12.4 Å². The van der Waals surface area contributed by atoms with Crippen LogP contribution < -0.4 is 10.2 Å². The Morgan fingerprint density at radius 3 is 2.71 bits per heavy atom. The number of hydrogen-bond donors (Lipinski definition) is 1. The topological polar surface area (TPSA) is 49.4 Å². The highest BCUT2D eigenvalue weighted by Gasteiger charge is 2.27. The van der Waals surface area contributed by atoms with E-state index < -0.39 is 23.4 Å². The molecule has 0 bridgehead atoms. The van der Waals surface area contributed by atoms with Crippen LogP contribution in [-0.4, -0.2) is 24.2 Å². The number of anilines is 2. The molecule has 2 rings (SSSR count). The molecule has 90 valence electrons. The number of carbonyl (C=O) groups is 2. The summed E-state index contributed by atoms with van der Waals surface area (Å²) in [5.41, 5.74) is 0.160. The number of halogens is 3. The number of nitrogens with zero attached hydrogens (tertiary/aromatic N) is 1. The minimum absolute atomic E-state index is 0.0543. The molecule has 1 aliphatic rings. The SMILES string of the molecule is O=C1CN(C(=O)CCl)c2cc(F)c(F)cc2N1. The summed E-state index contributed by atoms with van der Waals surface area (Å²) in [6.45, 7) is -0.260. The fourth-order valence-electron chi connectivity index (χ4n) is 1.57. The van der Waals surface area contributed by atoms with E-state index in [1.54, 1.807) is 0 Å². The average Bonchev–Trinajstić information content (AvgIpc) is 2.29. The molecule has 0 aliphatic carbocycles. The number of fused-ring (bicyclic) bond motifs is 1. The molecule has 0 saturated heterocycles. The van der Waals surface area contributed by atoms with E-state index in [2.05, 4.69) is 5.32 Å². The van der Waals surface area contributed by atoms with Crippen molar-refractivity contribution in [2.24, 2.45) is 0 Å². The smallest absolute Gasteiger partial charge is 0.244 e. The maximum atomic E-state index is 13.1. The molecule has 1 heterocycles. The van der Waals surface area contributed by atoms with Crippen LogP contribution in [-0.2, 0) is 9.59 Å². The second-order valence-corrected chi connectivity index (χ2v) is 3.71. The number of carbonyl (C=O) groups excluding carboxylic acids is 2. The van der Waals surface area contributed by atoms with Gasteiger partial charge in [0.2, 0.25) is 11.8 Å². The van der Waals surface area contributed by atoms with Crippen molar-refractivity contribution in [2.75, 3.05) is 22.6 Å². The molecule has 0 spiro atoms. The van der Waals surface area contributed by atoms with Crippen LogP contribution in [0.3, 0.4) is 0 Å². The van der Waals surface area contributed by atoms with E-state index in [-0.39, 0.29) is 23.8 Å². The summed E-state index contributed by atoms with van der Waals surface area (Å²) >= 11 is 5.38. The quantitative estimate of drug-likeness (QED) is 0.778. The fraction of sp³-hybridized carbons (Fsp3) is 0.200. The van der Waals surface area contributed by atoms with Gasteiger partial charge in [-0.1, -0.05) is 0 Å². The van der Waals surface area contributed by atoms with Gasteiger partial charge in [0.05, 0.1) is 11.4 Å². The van der Waals surface area contributed by atoms with E-state index in [9.17, 15) is 18.4 Å². The van der Waals surface area contributed by atoms with Crippen LogP contribution in [0.1, 0.15) is 0 Å². The van der Waals surface area contributed by atoms with Gasteiger partial charge in [-0.05, 0) is 0 Å². The predicted molar refractivity (Wildman–Crippen MR) is 58.1 cm³/mol. The van der Waals surface area contributed by atoms with E-state index in [0.29, 0.717) is 0 Å². The first-order chi connectivity index (χ1) is 8.02. The summed E-state index contributed by atoms with van der Waals surface area (Å²) in [6, 6.07) is 1.69. The molecule has 17 heavy (non-hydrogen) atoms. The van der Waals surface area contributed by atoms with Crippen molar-refractivity contribution >= 4 is 34.8 Å². The second-order valence-electron chi connectivity index (χ2n) is 3.45. The molecule has 4 nitrogen and oxygen atoms in total. The lowest BCUT2D eigenvalue weighted by atomic mass is 10.2. The van der Waals surface area contributed by atoms with E-state index in [1.807, 2.05) is 0 Å². The van der Waals surface area contributed by atoms with Gasteiger partial charge >= 0.3 is 0 Å². The molecule has 0 aromatic heterocycles. The van der Waals surface area contributed by atoms with Crippen LogP contribution in [0.5, 0.6) is 0 Å². The van der Waals surface area contributed by atoms with Gasteiger partial charge < -0.3 is 5.32 Å². The fourth-order valence-corrected chi connectivity index (χ4v) is 1.72. The Bertz CT molecular complexity index is 507. The van der Waals surface area contributed by atoms with Gasteiger partial charge in [-0.2, -0.15) is 0 Å². The molecule has 0 atom stereocenters. The lowest BCUT2D eigenvalue weighted by Crippen LogP contribution is -2.42. The van der Waals surface area contributed by atoms with Crippen LogP contribution >= 0.6 is 11.6 Å². The largest absolute Gasteiger partial charge is 0.323 e. The molecule has 0 radical (unpaired) electrons. The molecule has 0 saturated carbocycles. The predicted octanol–water partition coefficient (Wildman–Crippen LogP) is 1.49. The summed E-state index contributed by atoms with van der Waals surface area (Å²) < 4.78 is 26.1.